The molecule has 0 aliphatic rings. The number of hydrogen-bond donors (Lipinski definition) is 1. The molecule has 2 aromatic rings. The summed E-state index contributed by atoms with van der Waals surface area (Å²) in [6, 6.07) is 10.4. The number of nitrogens with two attached hydrogens (primary N) is 1. The van der Waals surface area contributed by atoms with Crippen LogP contribution in [0, 0.1) is 0 Å². The summed E-state index contributed by atoms with van der Waals surface area (Å²) in [7, 11) is 0. The molecule has 0 aromatic heterocycles. The molecule has 2 aromatic carbocycles. The van der Waals surface area contributed by atoms with Crippen LogP contribution in [0.1, 0.15) is 56.0 Å². The number of ether oxygens (including phenoxy) is 3. The Kier molecular flexibility index (Phi) is 7.99. The van der Waals surface area contributed by atoms with Crippen LogP contribution in [0.4, 0.5) is 5.69 Å². The van der Waals surface area contributed by atoms with Gasteiger partial charge in [-0.2, -0.15) is 0 Å². The van der Waals surface area contributed by atoms with Crippen LogP contribution in [0.25, 0.3) is 0 Å². The normalized spacial score (nSPS) is 10.5. The molecule has 0 atom stereocenters. The van der Waals surface area contributed by atoms with Crippen LogP contribution < -0.4 is 19.9 Å². The molecular formula is C22H29NO4. The van der Waals surface area contributed by atoms with E-state index in [0.717, 1.165) is 19.3 Å². The summed E-state index contributed by atoms with van der Waals surface area (Å²) in [5, 5.41) is 0. The Bertz CT molecular complexity index is 741. The predicted molar refractivity (Wildman–Crippen MR) is 108 cm³/mol. The lowest BCUT2D eigenvalue weighted by Gasteiger charge is -2.19. The van der Waals surface area contributed by atoms with E-state index in [0.29, 0.717) is 53.9 Å². The monoisotopic (exact) mass is 371 g/mol. The minimum atomic E-state index is -0.135. The van der Waals surface area contributed by atoms with Gasteiger partial charge in [-0.1, -0.05) is 20.8 Å². The molecule has 0 saturated heterocycles. The van der Waals surface area contributed by atoms with E-state index in [-0.39, 0.29) is 5.78 Å². The van der Waals surface area contributed by atoms with E-state index in [4.69, 9.17) is 19.9 Å². The molecule has 0 heterocycles. The molecule has 27 heavy (non-hydrogen) atoms. The number of anilines is 1. The van der Waals surface area contributed by atoms with Crippen molar-refractivity contribution in [2.75, 3.05) is 25.6 Å². The number of carbonyl (C=O) groups is 1. The Morgan fingerprint density at radius 3 is 1.93 bits per heavy atom. The third-order valence-corrected chi connectivity index (χ3v) is 3.86. The molecule has 0 amide bonds. The number of nitrogen functional groups attached to an aromatic ring is 1. The van der Waals surface area contributed by atoms with Crippen molar-refractivity contribution in [3.8, 4) is 17.2 Å². The molecule has 0 aliphatic heterocycles. The zero-order valence-electron chi connectivity index (χ0n) is 16.4. The van der Waals surface area contributed by atoms with Crippen molar-refractivity contribution < 1.29 is 19.0 Å². The molecule has 0 bridgehead atoms. The van der Waals surface area contributed by atoms with E-state index in [9.17, 15) is 4.79 Å². The lowest BCUT2D eigenvalue weighted by Crippen LogP contribution is -2.10. The molecule has 0 unspecified atom stereocenters. The number of ketones is 1. The van der Waals surface area contributed by atoms with Gasteiger partial charge in [-0.3, -0.25) is 4.79 Å². The van der Waals surface area contributed by atoms with E-state index >= 15 is 0 Å². The standard InChI is InChI=1S/C22H29NO4/c1-4-13-25-19-12-11-18(20(24)16-7-9-17(23)10-8-16)21(26-14-5-2)22(19)27-15-6-3/h7-12H,4-6,13-15,23H2,1-3H3. The minimum Gasteiger partial charge on any atom is -0.490 e. The van der Waals surface area contributed by atoms with Gasteiger partial charge in [0.05, 0.1) is 25.4 Å². The average Bonchev–Trinajstić information content (AvgIpc) is 2.69. The topological polar surface area (TPSA) is 70.8 Å². The average molecular weight is 371 g/mol. The maximum atomic E-state index is 13.1. The first-order chi connectivity index (χ1) is 13.1. The summed E-state index contributed by atoms with van der Waals surface area (Å²) in [6.45, 7) is 7.67. The van der Waals surface area contributed by atoms with Crippen LogP contribution in [0.2, 0.25) is 0 Å². The summed E-state index contributed by atoms with van der Waals surface area (Å²) in [5.74, 6) is 1.41. The third kappa shape index (κ3) is 5.39. The van der Waals surface area contributed by atoms with Gasteiger partial charge in [-0.25, -0.2) is 0 Å². The van der Waals surface area contributed by atoms with Crippen molar-refractivity contribution in [3.63, 3.8) is 0 Å². The third-order valence-electron chi connectivity index (χ3n) is 3.86. The fourth-order valence-electron chi connectivity index (χ4n) is 2.53. The van der Waals surface area contributed by atoms with Crippen molar-refractivity contribution in [2.24, 2.45) is 0 Å². The van der Waals surface area contributed by atoms with Crippen molar-refractivity contribution in [3.05, 3.63) is 47.5 Å². The molecule has 0 radical (unpaired) electrons. The van der Waals surface area contributed by atoms with Gasteiger partial charge < -0.3 is 19.9 Å². The summed E-state index contributed by atoms with van der Waals surface area (Å²) in [4.78, 5) is 13.1. The first kappa shape index (κ1) is 20.6. The Hall–Kier alpha value is -2.69. The minimum absolute atomic E-state index is 0.135. The van der Waals surface area contributed by atoms with E-state index < -0.39 is 0 Å². The first-order valence-corrected chi connectivity index (χ1v) is 9.57. The molecule has 0 spiro atoms. The second kappa shape index (κ2) is 10.5. The first-order valence-electron chi connectivity index (χ1n) is 9.57. The maximum Gasteiger partial charge on any atom is 0.204 e. The fraction of sp³-hybridized carbons (Fsp3) is 0.409. The molecule has 2 N–H and O–H groups in total. The molecule has 0 fully saturated rings. The molecule has 5 heteroatoms. The predicted octanol–water partition coefficient (Wildman–Crippen LogP) is 4.87. The summed E-state index contributed by atoms with van der Waals surface area (Å²) >= 11 is 0. The molecule has 5 nitrogen and oxygen atoms in total. The lowest BCUT2D eigenvalue weighted by atomic mass is 10.0. The summed E-state index contributed by atoms with van der Waals surface area (Å²) < 4.78 is 17.7. The van der Waals surface area contributed by atoms with Gasteiger partial charge in [0.15, 0.2) is 17.3 Å². The van der Waals surface area contributed by atoms with Crippen LogP contribution in [-0.2, 0) is 0 Å². The van der Waals surface area contributed by atoms with Gasteiger partial charge in [0.2, 0.25) is 5.75 Å². The smallest absolute Gasteiger partial charge is 0.204 e. The van der Waals surface area contributed by atoms with Crippen LogP contribution in [0.15, 0.2) is 36.4 Å². The number of benzene rings is 2. The second-order valence-electron chi connectivity index (χ2n) is 6.27. The SMILES string of the molecule is CCCOc1ccc(C(=O)c2ccc(N)cc2)c(OCCC)c1OCCC. The van der Waals surface area contributed by atoms with Crippen LogP contribution in [0.3, 0.4) is 0 Å². The van der Waals surface area contributed by atoms with Crippen LogP contribution in [0.5, 0.6) is 17.2 Å². The zero-order chi connectivity index (χ0) is 19.6. The summed E-state index contributed by atoms with van der Waals surface area (Å²) in [6.07, 6.45) is 2.55. The lowest BCUT2D eigenvalue weighted by molar-refractivity contribution is 0.103. The molecule has 0 aliphatic carbocycles. The van der Waals surface area contributed by atoms with Crippen molar-refractivity contribution >= 4 is 11.5 Å². The molecule has 0 saturated carbocycles. The van der Waals surface area contributed by atoms with Gasteiger partial charge in [0.1, 0.15) is 0 Å². The highest BCUT2D eigenvalue weighted by molar-refractivity contribution is 6.11. The second-order valence-corrected chi connectivity index (χ2v) is 6.27. The fourth-order valence-corrected chi connectivity index (χ4v) is 2.53. The Balaban J connectivity index is 2.50. The summed E-state index contributed by atoms with van der Waals surface area (Å²) in [5.41, 5.74) is 7.36. The van der Waals surface area contributed by atoms with E-state index in [2.05, 4.69) is 0 Å². The zero-order valence-corrected chi connectivity index (χ0v) is 16.4. The van der Waals surface area contributed by atoms with Crippen molar-refractivity contribution in [1.29, 1.82) is 0 Å². The largest absolute Gasteiger partial charge is 0.490 e. The Morgan fingerprint density at radius 1 is 0.778 bits per heavy atom. The van der Waals surface area contributed by atoms with E-state index in [1.54, 1.807) is 36.4 Å². The maximum absolute atomic E-state index is 13.1. The van der Waals surface area contributed by atoms with Gasteiger partial charge in [-0.05, 0) is 55.7 Å². The van der Waals surface area contributed by atoms with E-state index in [1.807, 2.05) is 20.8 Å². The van der Waals surface area contributed by atoms with Crippen molar-refractivity contribution in [1.82, 2.24) is 0 Å². The van der Waals surface area contributed by atoms with Gasteiger partial charge >= 0.3 is 0 Å². The quantitative estimate of drug-likeness (QED) is 0.451. The number of carbonyl (C=O) groups excluding carboxylic acids is 1. The van der Waals surface area contributed by atoms with Gasteiger partial charge in [0, 0.05) is 11.3 Å². The van der Waals surface area contributed by atoms with Crippen molar-refractivity contribution in [2.45, 2.75) is 40.0 Å². The highest BCUT2D eigenvalue weighted by atomic mass is 16.5. The van der Waals surface area contributed by atoms with Gasteiger partial charge in [-0.15, -0.1) is 0 Å². The van der Waals surface area contributed by atoms with Crippen LogP contribution >= 0.6 is 0 Å². The van der Waals surface area contributed by atoms with Crippen LogP contribution in [-0.4, -0.2) is 25.6 Å². The Morgan fingerprint density at radius 2 is 1.33 bits per heavy atom. The number of rotatable bonds is 11. The highest BCUT2D eigenvalue weighted by Gasteiger charge is 2.23. The Labute approximate surface area is 161 Å². The highest BCUT2D eigenvalue weighted by Crippen LogP contribution is 2.41. The van der Waals surface area contributed by atoms with Gasteiger partial charge in [0.25, 0.3) is 0 Å². The molecule has 2 rings (SSSR count). The van der Waals surface area contributed by atoms with E-state index in [1.165, 1.54) is 0 Å². The molecule has 146 valence electrons. The number of hydrogen-bond acceptors (Lipinski definition) is 5. The molecular weight excluding hydrogens is 342 g/mol.